The molecule has 0 bridgehead atoms. The number of allylic oxidation sites excluding steroid dienone is 1. The minimum absolute atomic E-state index is 0.301. The molecule has 0 unspecified atom stereocenters. The number of phenols is 1. The Kier molecular flexibility index (Phi) is 6.65. The van der Waals surface area contributed by atoms with Gasteiger partial charge in [-0.1, -0.05) is 41.5 Å². The van der Waals surface area contributed by atoms with Gasteiger partial charge in [0.2, 0.25) is 0 Å². The van der Waals surface area contributed by atoms with Crippen molar-refractivity contribution >= 4 is 52.6 Å². The van der Waals surface area contributed by atoms with Crippen LogP contribution in [0.1, 0.15) is 12.5 Å². The molecule has 2 nitrogen and oxygen atoms in total. The summed E-state index contributed by atoms with van der Waals surface area (Å²) in [4.78, 5) is 0. The maximum atomic E-state index is 12.5. The first-order valence-electron chi connectivity index (χ1n) is 5.33. The summed E-state index contributed by atoms with van der Waals surface area (Å²) in [5.41, 5.74) is -0.787. The maximum absolute atomic E-state index is 12.5. The highest BCUT2D eigenvalue weighted by Gasteiger charge is 2.33. The molecule has 0 fully saturated rings. The number of rotatable bonds is 5. The van der Waals surface area contributed by atoms with Gasteiger partial charge in [-0.25, -0.2) is 0 Å². The van der Waals surface area contributed by atoms with E-state index in [1.807, 2.05) is 0 Å². The second-order valence-electron chi connectivity index (χ2n) is 3.72. The molecule has 0 aliphatic carbocycles. The van der Waals surface area contributed by atoms with Gasteiger partial charge in [0, 0.05) is 16.8 Å². The zero-order valence-electron chi connectivity index (χ0n) is 10.6. The third-order valence-electron chi connectivity index (χ3n) is 2.06. The fourth-order valence-electron chi connectivity index (χ4n) is 1.14. The summed E-state index contributed by atoms with van der Waals surface area (Å²) in [6, 6.07) is 2.99. The summed E-state index contributed by atoms with van der Waals surface area (Å²) in [6.07, 6.45) is -4.59. The lowest BCUT2D eigenvalue weighted by atomic mass is 10.2. The Bertz CT molecular complexity index is 572. The number of halogens is 5. The van der Waals surface area contributed by atoms with E-state index in [4.69, 9.17) is 23.2 Å². The summed E-state index contributed by atoms with van der Waals surface area (Å²) < 4.78 is 41.1. The van der Waals surface area contributed by atoms with Crippen molar-refractivity contribution in [2.24, 2.45) is 0 Å². The summed E-state index contributed by atoms with van der Waals surface area (Å²) in [5, 5.41) is 9.78. The lowest BCUT2D eigenvalue weighted by Crippen LogP contribution is -2.05. The number of hydrogen-bond donors (Lipinski definition) is 2. The Morgan fingerprint density at radius 3 is 2.43 bits per heavy atom. The minimum atomic E-state index is -4.59. The van der Waals surface area contributed by atoms with E-state index < -0.39 is 17.5 Å². The third kappa shape index (κ3) is 5.94. The molecule has 0 spiro atoms. The van der Waals surface area contributed by atoms with Crippen LogP contribution in [0.15, 0.2) is 38.4 Å². The highest BCUT2D eigenvalue weighted by atomic mass is 35.5. The van der Waals surface area contributed by atoms with E-state index in [-0.39, 0.29) is 0 Å². The predicted octanol–water partition coefficient (Wildman–Crippen LogP) is 6.34. The van der Waals surface area contributed by atoms with Crippen molar-refractivity contribution < 1.29 is 18.3 Å². The zero-order chi connectivity index (χ0) is 16.2. The van der Waals surface area contributed by atoms with Gasteiger partial charge < -0.3 is 9.83 Å². The van der Waals surface area contributed by atoms with Crippen molar-refractivity contribution in [1.82, 2.24) is 0 Å². The smallest absolute Gasteiger partial charge is 0.419 e. The molecule has 2 N–H and O–H groups in total. The fourth-order valence-corrected chi connectivity index (χ4v) is 2.91. The maximum Gasteiger partial charge on any atom is 0.419 e. The van der Waals surface area contributed by atoms with Gasteiger partial charge in [0.25, 0.3) is 0 Å². The first kappa shape index (κ1) is 18.4. The SMILES string of the molecule is C=C(SNc1ccc(C(F)(F)F)c(O)c1)S/C(Cl)=C(\C)Cl. The summed E-state index contributed by atoms with van der Waals surface area (Å²) in [5.74, 6) is -0.846. The van der Waals surface area contributed by atoms with Crippen LogP contribution in [0.25, 0.3) is 0 Å². The Morgan fingerprint density at radius 2 is 1.95 bits per heavy atom. The molecule has 0 heterocycles. The van der Waals surface area contributed by atoms with Crippen LogP contribution in [0.2, 0.25) is 0 Å². The number of anilines is 1. The van der Waals surface area contributed by atoms with Crippen molar-refractivity contribution in [2.45, 2.75) is 13.1 Å². The normalized spacial score (nSPS) is 12.9. The quantitative estimate of drug-likeness (QED) is 0.587. The molecule has 0 radical (unpaired) electrons. The second kappa shape index (κ2) is 7.58. The number of benzene rings is 1. The molecule has 1 aromatic rings. The van der Waals surface area contributed by atoms with Gasteiger partial charge in [-0.3, -0.25) is 0 Å². The third-order valence-corrected chi connectivity index (χ3v) is 4.75. The molecule has 1 aromatic carbocycles. The van der Waals surface area contributed by atoms with E-state index in [1.165, 1.54) is 6.07 Å². The molecule has 0 amide bonds. The monoisotopic (exact) mass is 375 g/mol. The highest BCUT2D eigenvalue weighted by Crippen LogP contribution is 2.40. The van der Waals surface area contributed by atoms with Gasteiger partial charge in [-0.15, -0.1) is 0 Å². The number of thioether (sulfide) groups is 1. The van der Waals surface area contributed by atoms with Crippen LogP contribution < -0.4 is 4.72 Å². The average molecular weight is 376 g/mol. The van der Waals surface area contributed by atoms with Crippen LogP contribution in [0.3, 0.4) is 0 Å². The van der Waals surface area contributed by atoms with Gasteiger partial charge >= 0.3 is 6.18 Å². The Hall–Kier alpha value is -0.630. The standard InChI is InChI=1S/C12H10Cl2F3NOS2/c1-6(13)11(14)20-7(2)21-18-8-3-4-9(10(19)5-8)12(15,16)17/h3-5,18-19H,2H2,1H3/b11-6+. The van der Waals surface area contributed by atoms with Crippen LogP contribution in [0.4, 0.5) is 18.9 Å². The fraction of sp³-hybridized carbons (Fsp3) is 0.167. The van der Waals surface area contributed by atoms with Crippen molar-refractivity contribution in [3.05, 3.63) is 44.0 Å². The van der Waals surface area contributed by atoms with Gasteiger partial charge in [-0.05, 0) is 31.0 Å². The lowest BCUT2D eigenvalue weighted by Gasteiger charge is -2.11. The molecule has 0 aromatic heterocycles. The number of alkyl halides is 3. The lowest BCUT2D eigenvalue weighted by molar-refractivity contribution is -0.138. The van der Waals surface area contributed by atoms with E-state index >= 15 is 0 Å². The molecule has 0 aliphatic rings. The molecule has 0 aliphatic heterocycles. The molecule has 0 atom stereocenters. The van der Waals surface area contributed by atoms with Crippen LogP contribution in [-0.4, -0.2) is 5.11 Å². The zero-order valence-corrected chi connectivity index (χ0v) is 13.7. The highest BCUT2D eigenvalue weighted by molar-refractivity contribution is 8.25. The molecule has 0 saturated heterocycles. The van der Waals surface area contributed by atoms with Gasteiger partial charge in [0.15, 0.2) is 0 Å². The summed E-state index contributed by atoms with van der Waals surface area (Å²) >= 11 is 13.7. The number of nitrogens with one attached hydrogen (secondary N) is 1. The van der Waals surface area contributed by atoms with Gasteiger partial charge in [-0.2, -0.15) is 13.2 Å². The minimum Gasteiger partial charge on any atom is -0.507 e. The Balaban J connectivity index is 2.67. The first-order valence-corrected chi connectivity index (χ1v) is 7.72. The van der Waals surface area contributed by atoms with Crippen molar-refractivity contribution in [3.63, 3.8) is 0 Å². The van der Waals surface area contributed by atoms with Crippen molar-refractivity contribution in [3.8, 4) is 5.75 Å². The van der Waals surface area contributed by atoms with Crippen LogP contribution in [0, 0.1) is 0 Å². The number of phenolic OH excluding ortho intramolecular Hbond substituents is 1. The molecular weight excluding hydrogens is 366 g/mol. The van der Waals surface area contributed by atoms with Gasteiger partial charge in [0.05, 0.1) is 14.2 Å². The molecular formula is C12H10Cl2F3NOS2. The topological polar surface area (TPSA) is 32.3 Å². The van der Waals surface area contributed by atoms with Crippen LogP contribution >= 0.6 is 46.9 Å². The van der Waals surface area contributed by atoms with E-state index in [0.29, 0.717) is 19.3 Å². The van der Waals surface area contributed by atoms with E-state index in [1.54, 1.807) is 6.92 Å². The molecule has 9 heteroatoms. The van der Waals surface area contributed by atoms with Crippen molar-refractivity contribution in [2.75, 3.05) is 4.72 Å². The first-order chi connectivity index (χ1) is 9.61. The molecule has 1 rings (SSSR count). The Morgan fingerprint density at radius 1 is 1.33 bits per heavy atom. The number of hydrogen-bond acceptors (Lipinski definition) is 4. The Labute approximate surface area is 138 Å². The molecule has 21 heavy (non-hydrogen) atoms. The summed E-state index contributed by atoms with van der Waals surface area (Å²) in [7, 11) is 0. The van der Waals surface area contributed by atoms with E-state index in [9.17, 15) is 18.3 Å². The van der Waals surface area contributed by atoms with Crippen molar-refractivity contribution in [1.29, 1.82) is 0 Å². The van der Waals surface area contributed by atoms with E-state index in [0.717, 1.165) is 35.8 Å². The molecule has 0 saturated carbocycles. The predicted molar refractivity (Wildman–Crippen MR) is 85.5 cm³/mol. The van der Waals surface area contributed by atoms with Crippen LogP contribution in [-0.2, 0) is 6.18 Å². The number of aromatic hydroxyl groups is 1. The molecule has 116 valence electrons. The van der Waals surface area contributed by atoms with E-state index in [2.05, 4.69) is 11.3 Å². The van der Waals surface area contributed by atoms with Crippen LogP contribution in [0.5, 0.6) is 5.75 Å². The largest absolute Gasteiger partial charge is 0.507 e. The summed E-state index contributed by atoms with van der Waals surface area (Å²) in [6.45, 7) is 5.34. The second-order valence-corrected chi connectivity index (χ2v) is 7.15. The van der Waals surface area contributed by atoms with Gasteiger partial charge in [0.1, 0.15) is 5.75 Å². The average Bonchev–Trinajstić information content (AvgIpc) is 2.34.